The standard InChI is InChI=1S/C7H7FNO3/c1-12-7(10)5-2-6(8)4-9(11)3-5/h2-4,11H,1H3/q+1. The molecule has 0 aliphatic rings. The van der Waals surface area contributed by atoms with Crippen molar-refractivity contribution in [1.29, 1.82) is 0 Å². The quantitative estimate of drug-likeness (QED) is 0.372. The van der Waals surface area contributed by atoms with Crippen molar-refractivity contribution in [2.75, 3.05) is 7.11 Å². The van der Waals surface area contributed by atoms with Crippen molar-refractivity contribution in [3.05, 3.63) is 29.8 Å². The molecule has 1 N–H and O–H groups in total. The van der Waals surface area contributed by atoms with Gasteiger partial charge in [0.15, 0.2) is 5.82 Å². The van der Waals surface area contributed by atoms with Gasteiger partial charge >= 0.3 is 5.97 Å². The fraction of sp³-hybridized carbons (Fsp3) is 0.143. The highest BCUT2D eigenvalue weighted by Crippen LogP contribution is 2.00. The molecule has 4 nitrogen and oxygen atoms in total. The van der Waals surface area contributed by atoms with Gasteiger partial charge in [0.05, 0.1) is 7.11 Å². The smallest absolute Gasteiger partial charge is 0.344 e. The number of methoxy groups -OCH3 is 1. The summed E-state index contributed by atoms with van der Waals surface area (Å²) in [6.07, 6.45) is 1.88. The number of carbonyl (C=O) groups is 1. The van der Waals surface area contributed by atoms with Crippen molar-refractivity contribution in [3.8, 4) is 0 Å². The summed E-state index contributed by atoms with van der Waals surface area (Å²) in [5.74, 6) is -1.40. The van der Waals surface area contributed by atoms with E-state index in [9.17, 15) is 9.18 Å². The second-order valence-corrected chi connectivity index (χ2v) is 2.11. The lowest BCUT2D eigenvalue weighted by molar-refractivity contribution is -0.905. The van der Waals surface area contributed by atoms with Crippen molar-refractivity contribution >= 4 is 5.97 Å². The molecular formula is C7H7FNO3+. The molecule has 1 aromatic heterocycles. The minimum absolute atomic E-state index is 0.0417. The second kappa shape index (κ2) is 3.17. The number of halogens is 1. The molecule has 1 aromatic rings. The van der Waals surface area contributed by atoms with E-state index in [1.165, 1.54) is 7.11 Å². The first-order chi connectivity index (χ1) is 5.63. The summed E-state index contributed by atoms with van der Waals surface area (Å²) in [5, 5.41) is 8.81. The van der Waals surface area contributed by atoms with Crippen molar-refractivity contribution < 1.29 is 23.9 Å². The van der Waals surface area contributed by atoms with Crippen LogP contribution >= 0.6 is 0 Å². The molecule has 64 valence electrons. The molecule has 0 spiro atoms. The normalized spacial score (nSPS) is 9.50. The minimum atomic E-state index is -0.708. The third kappa shape index (κ3) is 1.69. The van der Waals surface area contributed by atoms with Crippen molar-refractivity contribution in [2.24, 2.45) is 0 Å². The van der Waals surface area contributed by atoms with Gasteiger partial charge in [-0.15, -0.1) is 0 Å². The minimum Gasteiger partial charge on any atom is -0.465 e. The van der Waals surface area contributed by atoms with E-state index >= 15 is 0 Å². The van der Waals surface area contributed by atoms with Crippen LogP contribution in [0.1, 0.15) is 10.4 Å². The van der Waals surface area contributed by atoms with Crippen LogP contribution in [0.2, 0.25) is 0 Å². The van der Waals surface area contributed by atoms with Crippen LogP contribution in [0.15, 0.2) is 18.5 Å². The predicted molar refractivity (Wildman–Crippen MR) is 35.1 cm³/mol. The first-order valence-electron chi connectivity index (χ1n) is 3.13. The Kier molecular flexibility index (Phi) is 2.23. The zero-order chi connectivity index (χ0) is 9.14. The molecule has 0 aromatic carbocycles. The van der Waals surface area contributed by atoms with Crippen LogP contribution in [-0.4, -0.2) is 18.3 Å². The van der Waals surface area contributed by atoms with Gasteiger partial charge in [0, 0.05) is 10.8 Å². The van der Waals surface area contributed by atoms with Gasteiger partial charge in [-0.2, -0.15) is 0 Å². The first-order valence-corrected chi connectivity index (χ1v) is 3.13. The molecule has 12 heavy (non-hydrogen) atoms. The third-order valence-corrected chi connectivity index (χ3v) is 1.24. The molecule has 0 aliphatic carbocycles. The third-order valence-electron chi connectivity index (χ3n) is 1.24. The fourth-order valence-electron chi connectivity index (χ4n) is 0.759. The number of carbonyl (C=O) groups excluding carboxylic acids is 1. The molecule has 0 amide bonds. The number of ether oxygens (including phenoxy) is 1. The Bertz CT molecular complexity index is 293. The lowest BCUT2D eigenvalue weighted by atomic mass is 10.3. The maximum absolute atomic E-state index is 12.5. The van der Waals surface area contributed by atoms with E-state index in [2.05, 4.69) is 4.74 Å². The monoisotopic (exact) mass is 172 g/mol. The molecule has 0 saturated heterocycles. The Morgan fingerprint density at radius 1 is 1.67 bits per heavy atom. The average molecular weight is 172 g/mol. The predicted octanol–water partition coefficient (Wildman–Crippen LogP) is 0.137. The van der Waals surface area contributed by atoms with Gasteiger partial charge in [0.1, 0.15) is 5.56 Å². The average Bonchev–Trinajstić information content (AvgIpc) is 2.01. The van der Waals surface area contributed by atoms with Gasteiger partial charge in [-0.25, -0.2) is 9.18 Å². The molecular weight excluding hydrogens is 165 g/mol. The number of hydrogen-bond acceptors (Lipinski definition) is 3. The van der Waals surface area contributed by atoms with E-state index in [-0.39, 0.29) is 5.56 Å². The second-order valence-electron chi connectivity index (χ2n) is 2.11. The number of nitrogens with zero attached hydrogens (tertiary/aromatic N) is 1. The van der Waals surface area contributed by atoms with Gasteiger partial charge in [-0.3, -0.25) is 5.21 Å². The Morgan fingerprint density at radius 2 is 2.33 bits per heavy atom. The molecule has 0 bridgehead atoms. The van der Waals surface area contributed by atoms with Crippen molar-refractivity contribution in [3.63, 3.8) is 0 Å². The summed E-state index contributed by atoms with van der Waals surface area (Å²) in [7, 11) is 1.18. The van der Waals surface area contributed by atoms with E-state index in [4.69, 9.17) is 5.21 Å². The number of pyridine rings is 1. The first kappa shape index (κ1) is 8.45. The van der Waals surface area contributed by atoms with Crippen LogP contribution in [0.5, 0.6) is 0 Å². The molecule has 1 heterocycles. The highest BCUT2D eigenvalue weighted by atomic mass is 19.1. The largest absolute Gasteiger partial charge is 0.465 e. The maximum atomic E-state index is 12.5. The highest BCUT2D eigenvalue weighted by Gasteiger charge is 2.13. The Hall–Kier alpha value is -1.65. The number of hydrogen-bond donors (Lipinski definition) is 1. The zero-order valence-electron chi connectivity index (χ0n) is 6.32. The van der Waals surface area contributed by atoms with E-state index in [0.29, 0.717) is 4.73 Å². The molecule has 0 fully saturated rings. The van der Waals surface area contributed by atoms with Crippen LogP contribution in [0.4, 0.5) is 4.39 Å². The summed E-state index contributed by atoms with van der Waals surface area (Å²) in [4.78, 5) is 10.8. The lowest BCUT2D eigenvalue weighted by Gasteiger charge is -1.94. The van der Waals surface area contributed by atoms with Gasteiger partial charge in [-0.05, 0) is 0 Å². The van der Waals surface area contributed by atoms with Crippen LogP contribution < -0.4 is 4.73 Å². The Morgan fingerprint density at radius 3 is 2.83 bits per heavy atom. The maximum Gasteiger partial charge on any atom is 0.344 e. The van der Waals surface area contributed by atoms with Crippen LogP contribution in [0.3, 0.4) is 0 Å². The van der Waals surface area contributed by atoms with Gasteiger partial charge in [0.25, 0.3) is 6.20 Å². The molecule has 0 unspecified atom stereocenters. The SMILES string of the molecule is COC(=O)c1cc(F)c[n+](O)c1. The van der Waals surface area contributed by atoms with Crippen LogP contribution in [0.25, 0.3) is 0 Å². The number of rotatable bonds is 1. The van der Waals surface area contributed by atoms with Gasteiger partial charge < -0.3 is 4.74 Å². The van der Waals surface area contributed by atoms with Crippen LogP contribution in [0, 0.1) is 5.82 Å². The number of esters is 1. The van der Waals surface area contributed by atoms with E-state index in [0.717, 1.165) is 18.5 Å². The summed E-state index contributed by atoms with van der Waals surface area (Å²) in [6.45, 7) is 0. The fourth-order valence-corrected chi connectivity index (χ4v) is 0.759. The van der Waals surface area contributed by atoms with Crippen molar-refractivity contribution in [1.82, 2.24) is 0 Å². The molecule has 5 heteroatoms. The summed E-state index contributed by atoms with van der Waals surface area (Å²) < 4.78 is 17.3. The van der Waals surface area contributed by atoms with Gasteiger partial charge in [0.2, 0.25) is 6.20 Å². The van der Waals surface area contributed by atoms with Gasteiger partial charge in [-0.1, -0.05) is 0 Å². The van der Waals surface area contributed by atoms with E-state index < -0.39 is 11.8 Å². The highest BCUT2D eigenvalue weighted by molar-refractivity contribution is 5.88. The van der Waals surface area contributed by atoms with E-state index in [1.54, 1.807) is 0 Å². The summed E-state index contributed by atoms with van der Waals surface area (Å²) in [5.41, 5.74) is -0.0417. The van der Waals surface area contributed by atoms with Crippen molar-refractivity contribution in [2.45, 2.75) is 0 Å². The summed E-state index contributed by atoms with van der Waals surface area (Å²) >= 11 is 0. The molecule has 0 radical (unpaired) electrons. The molecule has 1 rings (SSSR count). The lowest BCUT2D eigenvalue weighted by Crippen LogP contribution is -2.31. The Balaban J connectivity index is 3.08. The van der Waals surface area contributed by atoms with E-state index in [1.807, 2.05) is 0 Å². The summed E-state index contributed by atoms with van der Waals surface area (Å²) in [6, 6.07) is 0.971. The Labute approximate surface area is 67.8 Å². The molecule has 0 saturated carbocycles. The molecule has 0 aliphatic heterocycles. The topological polar surface area (TPSA) is 50.4 Å². The molecule has 0 atom stereocenters. The number of aromatic nitrogens is 1. The van der Waals surface area contributed by atoms with Crippen LogP contribution in [-0.2, 0) is 4.74 Å². The zero-order valence-corrected chi connectivity index (χ0v) is 6.32.